The lowest BCUT2D eigenvalue weighted by atomic mass is 9.62. The van der Waals surface area contributed by atoms with E-state index in [-0.39, 0.29) is 17.7 Å². The van der Waals surface area contributed by atoms with Crippen molar-refractivity contribution in [1.82, 2.24) is 10.3 Å². The molecule has 1 amide bonds. The monoisotopic (exact) mass is 286 g/mol. The fourth-order valence-corrected chi connectivity index (χ4v) is 3.49. The lowest BCUT2D eigenvalue weighted by Crippen LogP contribution is -2.48. The third-order valence-corrected chi connectivity index (χ3v) is 4.51. The maximum Gasteiger partial charge on any atom is 0.307 e. The average molecular weight is 286 g/mol. The molecule has 0 aromatic carbocycles. The summed E-state index contributed by atoms with van der Waals surface area (Å²) in [4.78, 5) is 28.1. The molecule has 2 N–H and O–H groups in total. The second kappa shape index (κ2) is 5.68. The van der Waals surface area contributed by atoms with Crippen LogP contribution in [0.3, 0.4) is 0 Å². The Labute approximate surface area is 123 Å². The summed E-state index contributed by atoms with van der Waals surface area (Å²) in [5, 5.41) is 12.3. The minimum atomic E-state index is -0.868. The van der Waals surface area contributed by atoms with Crippen LogP contribution in [0.2, 0.25) is 0 Å². The van der Waals surface area contributed by atoms with E-state index in [0.29, 0.717) is 6.54 Å². The van der Waals surface area contributed by atoms with Gasteiger partial charge in [0.1, 0.15) is 0 Å². The highest BCUT2D eigenvalue weighted by Crippen LogP contribution is 2.45. The molecule has 110 valence electrons. The zero-order valence-electron chi connectivity index (χ0n) is 11.6. The predicted molar refractivity (Wildman–Crippen MR) is 76.1 cm³/mol. The van der Waals surface area contributed by atoms with Gasteiger partial charge in [-0.3, -0.25) is 14.6 Å². The number of allylic oxidation sites excluding steroid dienone is 2. The Balaban J connectivity index is 1.71. The van der Waals surface area contributed by atoms with Crippen molar-refractivity contribution in [2.45, 2.75) is 19.4 Å². The number of rotatable bonds is 4. The van der Waals surface area contributed by atoms with Crippen LogP contribution in [0.25, 0.3) is 0 Å². The van der Waals surface area contributed by atoms with Crippen molar-refractivity contribution in [3.63, 3.8) is 0 Å². The standard InChI is InChI=1S/C16H18N2O3/c19-15(18-9-12-3-1-2-8-17-12)13-10-4-6-11(7-5-10)14(13)16(20)21/h1-4,6,8,10-11,13-14H,5,7,9H2,(H,18,19)(H,20,21)/t10-,11+,13-,14+/m1/s1. The van der Waals surface area contributed by atoms with Crippen LogP contribution >= 0.6 is 0 Å². The zero-order chi connectivity index (χ0) is 14.8. The molecule has 1 fully saturated rings. The first-order valence-corrected chi connectivity index (χ1v) is 7.25. The largest absolute Gasteiger partial charge is 0.481 e. The third-order valence-electron chi connectivity index (χ3n) is 4.51. The van der Waals surface area contributed by atoms with E-state index in [1.165, 1.54) is 0 Å². The van der Waals surface area contributed by atoms with Crippen LogP contribution in [0.15, 0.2) is 36.5 Å². The Hall–Kier alpha value is -2.17. The van der Waals surface area contributed by atoms with Crippen LogP contribution in [0, 0.1) is 23.7 Å². The highest BCUT2D eigenvalue weighted by atomic mass is 16.4. The first-order valence-electron chi connectivity index (χ1n) is 7.25. The number of aromatic nitrogens is 1. The van der Waals surface area contributed by atoms with Crippen molar-refractivity contribution in [2.75, 3.05) is 0 Å². The van der Waals surface area contributed by atoms with Gasteiger partial charge in [0.2, 0.25) is 5.91 Å². The van der Waals surface area contributed by atoms with Gasteiger partial charge in [0.25, 0.3) is 0 Å². The molecule has 5 nitrogen and oxygen atoms in total. The number of carboxylic acid groups (broad SMARTS) is 1. The summed E-state index contributed by atoms with van der Waals surface area (Å²) < 4.78 is 0. The molecule has 21 heavy (non-hydrogen) atoms. The fraction of sp³-hybridized carbons (Fsp3) is 0.438. The molecule has 1 aromatic heterocycles. The lowest BCUT2D eigenvalue weighted by Gasteiger charge is -2.41. The first kappa shape index (κ1) is 13.8. The molecule has 0 aliphatic heterocycles. The number of carbonyl (C=O) groups excluding carboxylic acids is 1. The number of aliphatic carboxylic acids is 1. The molecule has 3 aliphatic rings. The summed E-state index contributed by atoms with van der Waals surface area (Å²) in [6.45, 7) is 0.337. The second-order valence-corrected chi connectivity index (χ2v) is 5.72. The maximum absolute atomic E-state index is 12.4. The second-order valence-electron chi connectivity index (χ2n) is 5.72. The van der Waals surface area contributed by atoms with Crippen LogP contribution in [0.5, 0.6) is 0 Å². The minimum Gasteiger partial charge on any atom is -0.481 e. The van der Waals surface area contributed by atoms with E-state index in [2.05, 4.69) is 10.3 Å². The molecule has 1 aromatic rings. The highest BCUT2D eigenvalue weighted by molar-refractivity contribution is 5.86. The molecule has 0 radical (unpaired) electrons. The van der Waals surface area contributed by atoms with Crippen LogP contribution in [-0.4, -0.2) is 22.0 Å². The van der Waals surface area contributed by atoms with Gasteiger partial charge in [-0.05, 0) is 36.8 Å². The van der Waals surface area contributed by atoms with Crippen molar-refractivity contribution < 1.29 is 14.7 Å². The van der Waals surface area contributed by atoms with Crippen molar-refractivity contribution >= 4 is 11.9 Å². The van der Waals surface area contributed by atoms with Crippen LogP contribution < -0.4 is 5.32 Å². The molecule has 4 atom stereocenters. The van der Waals surface area contributed by atoms with E-state index in [1.807, 2.05) is 30.4 Å². The van der Waals surface area contributed by atoms with E-state index in [4.69, 9.17) is 0 Å². The summed E-state index contributed by atoms with van der Waals surface area (Å²) in [6, 6.07) is 5.51. The van der Waals surface area contributed by atoms with Crippen molar-refractivity contribution in [3.8, 4) is 0 Å². The van der Waals surface area contributed by atoms with Gasteiger partial charge in [0.05, 0.1) is 24.1 Å². The van der Waals surface area contributed by atoms with E-state index in [1.54, 1.807) is 6.20 Å². The molecular formula is C16H18N2O3. The van der Waals surface area contributed by atoms with Crippen LogP contribution in [0.4, 0.5) is 0 Å². The Morgan fingerprint density at radius 1 is 1.19 bits per heavy atom. The number of hydrogen-bond donors (Lipinski definition) is 2. The van der Waals surface area contributed by atoms with Gasteiger partial charge >= 0.3 is 5.97 Å². The first-order chi connectivity index (χ1) is 10.2. The van der Waals surface area contributed by atoms with Gasteiger partial charge < -0.3 is 10.4 Å². The number of hydrogen-bond acceptors (Lipinski definition) is 3. The van der Waals surface area contributed by atoms with Gasteiger partial charge in [-0.2, -0.15) is 0 Å². The number of fused-ring (bicyclic) bond motifs is 2. The molecule has 0 spiro atoms. The molecule has 0 unspecified atom stereocenters. The lowest BCUT2D eigenvalue weighted by molar-refractivity contribution is -0.153. The predicted octanol–water partition coefficient (Wildman–Crippen LogP) is 1.61. The number of nitrogens with zero attached hydrogens (tertiary/aromatic N) is 1. The smallest absolute Gasteiger partial charge is 0.307 e. The normalized spacial score (nSPS) is 30.1. The molecule has 2 bridgehead atoms. The SMILES string of the molecule is O=C(O)[C@@H]1[C@H](C(=O)NCc2ccccn2)[C@@H]2C=C[C@H]1CC2. The number of carbonyl (C=O) groups is 2. The van der Waals surface area contributed by atoms with Gasteiger partial charge in [-0.15, -0.1) is 0 Å². The Bertz CT molecular complexity index is 570. The zero-order valence-corrected chi connectivity index (χ0v) is 11.6. The Morgan fingerprint density at radius 2 is 1.90 bits per heavy atom. The van der Waals surface area contributed by atoms with Crippen LogP contribution in [-0.2, 0) is 16.1 Å². The highest BCUT2D eigenvalue weighted by Gasteiger charge is 2.48. The van der Waals surface area contributed by atoms with Gasteiger partial charge in [0, 0.05) is 6.20 Å². The maximum atomic E-state index is 12.4. The molecule has 4 rings (SSSR count). The Morgan fingerprint density at radius 3 is 2.48 bits per heavy atom. The summed E-state index contributed by atoms with van der Waals surface area (Å²) in [6.07, 6.45) is 7.41. The molecular weight excluding hydrogens is 268 g/mol. The van der Waals surface area contributed by atoms with Crippen molar-refractivity contribution in [1.29, 1.82) is 0 Å². The van der Waals surface area contributed by atoms with E-state index < -0.39 is 17.8 Å². The summed E-state index contributed by atoms with van der Waals surface area (Å²) >= 11 is 0. The fourth-order valence-electron chi connectivity index (χ4n) is 3.49. The van der Waals surface area contributed by atoms with Gasteiger partial charge in [0.15, 0.2) is 0 Å². The van der Waals surface area contributed by atoms with Gasteiger partial charge in [-0.25, -0.2) is 0 Å². The molecule has 5 heteroatoms. The average Bonchev–Trinajstić information content (AvgIpc) is 2.53. The molecule has 0 saturated heterocycles. The van der Waals surface area contributed by atoms with Gasteiger partial charge in [-0.1, -0.05) is 18.2 Å². The summed E-state index contributed by atoms with van der Waals surface area (Å²) in [5.41, 5.74) is 0.772. The summed E-state index contributed by atoms with van der Waals surface area (Å²) in [7, 11) is 0. The minimum absolute atomic E-state index is 0.0156. The summed E-state index contributed by atoms with van der Waals surface area (Å²) in [5.74, 6) is -2.08. The van der Waals surface area contributed by atoms with Crippen LogP contribution in [0.1, 0.15) is 18.5 Å². The van der Waals surface area contributed by atoms with E-state index in [9.17, 15) is 14.7 Å². The topological polar surface area (TPSA) is 79.3 Å². The molecule has 1 saturated carbocycles. The third kappa shape index (κ3) is 2.68. The molecule has 3 aliphatic carbocycles. The van der Waals surface area contributed by atoms with E-state index >= 15 is 0 Å². The van der Waals surface area contributed by atoms with E-state index in [0.717, 1.165) is 18.5 Å². The van der Waals surface area contributed by atoms with Crippen molar-refractivity contribution in [2.24, 2.45) is 23.7 Å². The quantitative estimate of drug-likeness (QED) is 0.824. The number of nitrogens with one attached hydrogen (secondary N) is 1. The van der Waals surface area contributed by atoms with Crippen molar-refractivity contribution in [3.05, 3.63) is 42.2 Å². The molecule has 1 heterocycles. The number of carboxylic acids is 1. The Kier molecular flexibility index (Phi) is 3.73. The number of pyridine rings is 1. The number of amides is 1.